The summed E-state index contributed by atoms with van der Waals surface area (Å²) < 4.78 is 10.0. The highest BCUT2D eigenvalue weighted by atomic mass is 16.6. The number of benzene rings is 1. The average Bonchev–Trinajstić information content (AvgIpc) is 2.35. The van der Waals surface area contributed by atoms with Crippen LogP contribution in [0.5, 0.6) is 11.5 Å². The van der Waals surface area contributed by atoms with Gasteiger partial charge in [0.15, 0.2) is 0 Å². The Morgan fingerprint density at radius 3 is 2.88 bits per heavy atom. The summed E-state index contributed by atoms with van der Waals surface area (Å²) in [7, 11) is 1.44. The van der Waals surface area contributed by atoms with Crippen molar-refractivity contribution in [1.82, 2.24) is 0 Å². The van der Waals surface area contributed by atoms with Crippen molar-refractivity contribution < 1.29 is 14.4 Å². The van der Waals surface area contributed by atoms with Crippen LogP contribution in [-0.2, 0) is 0 Å². The van der Waals surface area contributed by atoms with Crippen LogP contribution in [0.4, 0.5) is 5.69 Å². The van der Waals surface area contributed by atoms with Gasteiger partial charge in [-0.25, -0.2) is 0 Å². The lowest BCUT2D eigenvalue weighted by molar-refractivity contribution is -0.385. The lowest BCUT2D eigenvalue weighted by Crippen LogP contribution is -2.25. The van der Waals surface area contributed by atoms with Crippen molar-refractivity contribution in [2.75, 3.05) is 13.7 Å². The minimum absolute atomic E-state index is 0.0278. The molecule has 0 saturated carbocycles. The van der Waals surface area contributed by atoms with Gasteiger partial charge in [0.25, 0.3) is 0 Å². The SMILES string of the molecule is COc1ccc([N+](=O)[O-])c(OCC(N)C#N)c1. The molecule has 1 rings (SSSR count). The molecule has 2 N–H and O–H groups in total. The van der Waals surface area contributed by atoms with Gasteiger partial charge < -0.3 is 15.2 Å². The summed E-state index contributed by atoms with van der Waals surface area (Å²) in [5, 5.41) is 19.2. The predicted molar refractivity (Wildman–Crippen MR) is 58.7 cm³/mol. The van der Waals surface area contributed by atoms with Gasteiger partial charge in [0.2, 0.25) is 5.75 Å². The fourth-order valence-corrected chi connectivity index (χ4v) is 1.10. The molecule has 17 heavy (non-hydrogen) atoms. The van der Waals surface area contributed by atoms with E-state index in [4.69, 9.17) is 20.5 Å². The van der Waals surface area contributed by atoms with Gasteiger partial charge in [-0.1, -0.05) is 0 Å². The number of ether oxygens (including phenoxy) is 2. The van der Waals surface area contributed by atoms with Crippen LogP contribution >= 0.6 is 0 Å². The molecule has 7 heteroatoms. The number of hydrogen-bond acceptors (Lipinski definition) is 6. The summed E-state index contributed by atoms with van der Waals surface area (Å²) in [6, 6.07) is 5.03. The van der Waals surface area contributed by atoms with E-state index in [0.29, 0.717) is 5.75 Å². The number of nitrogens with two attached hydrogens (primary N) is 1. The number of rotatable bonds is 5. The summed E-state index contributed by atoms with van der Waals surface area (Å²) >= 11 is 0. The molecule has 90 valence electrons. The van der Waals surface area contributed by atoms with Crippen molar-refractivity contribution in [1.29, 1.82) is 5.26 Å². The highest BCUT2D eigenvalue weighted by Crippen LogP contribution is 2.30. The van der Waals surface area contributed by atoms with Crippen LogP contribution < -0.4 is 15.2 Å². The van der Waals surface area contributed by atoms with E-state index in [-0.39, 0.29) is 18.0 Å². The Kier molecular flexibility index (Phi) is 4.25. The zero-order valence-corrected chi connectivity index (χ0v) is 9.12. The fraction of sp³-hybridized carbons (Fsp3) is 0.300. The number of nitro benzene ring substituents is 1. The Hall–Kier alpha value is -2.33. The normalized spacial score (nSPS) is 11.4. The van der Waals surface area contributed by atoms with E-state index in [1.165, 1.54) is 25.3 Å². The second-order valence-electron chi connectivity index (χ2n) is 3.14. The monoisotopic (exact) mass is 237 g/mol. The highest BCUT2D eigenvalue weighted by Gasteiger charge is 2.16. The molecule has 1 atom stereocenters. The van der Waals surface area contributed by atoms with Crippen molar-refractivity contribution in [3.8, 4) is 17.6 Å². The van der Waals surface area contributed by atoms with Gasteiger partial charge in [0.1, 0.15) is 18.4 Å². The minimum Gasteiger partial charge on any atom is -0.497 e. The van der Waals surface area contributed by atoms with E-state index in [2.05, 4.69) is 0 Å². The van der Waals surface area contributed by atoms with Crippen LogP contribution in [0, 0.1) is 21.4 Å². The lowest BCUT2D eigenvalue weighted by Gasteiger charge is -2.09. The quantitative estimate of drug-likeness (QED) is 0.599. The molecule has 1 aromatic carbocycles. The number of nitriles is 1. The molecule has 0 bridgehead atoms. The highest BCUT2D eigenvalue weighted by molar-refractivity contribution is 5.50. The molecule has 0 aromatic heterocycles. The molecule has 0 spiro atoms. The largest absolute Gasteiger partial charge is 0.497 e. The number of nitrogens with zero attached hydrogens (tertiary/aromatic N) is 2. The fourth-order valence-electron chi connectivity index (χ4n) is 1.10. The van der Waals surface area contributed by atoms with Gasteiger partial charge in [0.05, 0.1) is 18.1 Å². The second-order valence-corrected chi connectivity index (χ2v) is 3.14. The second kappa shape index (κ2) is 5.67. The summed E-state index contributed by atoms with van der Waals surface area (Å²) in [6.07, 6.45) is 0. The molecule has 0 fully saturated rings. The van der Waals surface area contributed by atoms with E-state index < -0.39 is 11.0 Å². The third-order valence-electron chi connectivity index (χ3n) is 1.95. The molecule has 0 radical (unpaired) electrons. The summed E-state index contributed by atoms with van der Waals surface area (Å²) in [6.45, 7) is -0.121. The zero-order chi connectivity index (χ0) is 12.8. The Labute approximate surface area is 97.5 Å². The van der Waals surface area contributed by atoms with E-state index in [1.807, 2.05) is 0 Å². The number of methoxy groups -OCH3 is 1. The van der Waals surface area contributed by atoms with Gasteiger partial charge in [-0.2, -0.15) is 5.26 Å². The molecular weight excluding hydrogens is 226 g/mol. The molecule has 1 unspecified atom stereocenters. The van der Waals surface area contributed by atoms with Crippen LogP contribution in [0.1, 0.15) is 0 Å². The Balaban J connectivity index is 2.94. The third kappa shape index (κ3) is 3.32. The molecule has 0 heterocycles. The number of nitro groups is 1. The summed E-state index contributed by atoms with van der Waals surface area (Å²) in [5.74, 6) is 0.455. The van der Waals surface area contributed by atoms with Crippen LogP contribution in [-0.4, -0.2) is 24.7 Å². The maximum absolute atomic E-state index is 10.7. The van der Waals surface area contributed by atoms with Crippen molar-refractivity contribution in [3.05, 3.63) is 28.3 Å². The molecule has 7 nitrogen and oxygen atoms in total. The minimum atomic E-state index is -0.833. The van der Waals surface area contributed by atoms with Crippen LogP contribution in [0.15, 0.2) is 18.2 Å². The third-order valence-corrected chi connectivity index (χ3v) is 1.95. The maximum Gasteiger partial charge on any atom is 0.311 e. The first-order chi connectivity index (χ1) is 8.08. The Bertz CT molecular complexity index is 455. The van der Waals surface area contributed by atoms with Gasteiger partial charge in [-0.05, 0) is 6.07 Å². The standard InChI is InChI=1S/C10H11N3O4/c1-16-8-2-3-9(13(14)15)10(4-8)17-6-7(12)5-11/h2-4,7H,6,12H2,1H3. The zero-order valence-electron chi connectivity index (χ0n) is 9.12. The van der Waals surface area contributed by atoms with Crippen molar-refractivity contribution >= 4 is 5.69 Å². The first kappa shape index (κ1) is 12.7. The molecule has 0 aliphatic carbocycles. The van der Waals surface area contributed by atoms with Gasteiger partial charge >= 0.3 is 5.69 Å². The average molecular weight is 237 g/mol. The molecule has 0 aliphatic heterocycles. The topological polar surface area (TPSA) is 111 Å². The molecular formula is C10H11N3O4. The smallest absolute Gasteiger partial charge is 0.311 e. The maximum atomic E-state index is 10.7. The van der Waals surface area contributed by atoms with Crippen molar-refractivity contribution in [2.45, 2.75) is 6.04 Å². The summed E-state index contributed by atoms with van der Waals surface area (Å²) in [5.41, 5.74) is 5.13. The van der Waals surface area contributed by atoms with E-state index in [0.717, 1.165) is 0 Å². The Morgan fingerprint density at radius 2 is 2.35 bits per heavy atom. The molecule has 1 aromatic rings. The first-order valence-corrected chi connectivity index (χ1v) is 4.69. The number of hydrogen-bond donors (Lipinski definition) is 1. The molecule has 0 saturated heterocycles. The predicted octanol–water partition coefficient (Wildman–Crippen LogP) is 0.833. The first-order valence-electron chi connectivity index (χ1n) is 4.69. The van der Waals surface area contributed by atoms with E-state index in [1.54, 1.807) is 6.07 Å². The Morgan fingerprint density at radius 1 is 1.65 bits per heavy atom. The molecule has 0 aliphatic rings. The van der Waals surface area contributed by atoms with Crippen molar-refractivity contribution in [3.63, 3.8) is 0 Å². The van der Waals surface area contributed by atoms with Crippen LogP contribution in [0.2, 0.25) is 0 Å². The van der Waals surface area contributed by atoms with Gasteiger partial charge in [-0.15, -0.1) is 0 Å². The molecule has 0 amide bonds. The van der Waals surface area contributed by atoms with E-state index >= 15 is 0 Å². The summed E-state index contributed by atoms with van der Waals surface area (Å²) in [4.78, 5) is 10.1. The van der Waals surface area contributed by atoms with Gasteiger partial charge in [-0.3, -0.25) is 10.1 Å². The van der Waals surface area contributed by atoms with Crippen LogP contribution in [0.25, 0.3) is 0 Å². The van der Waals surface area contributed by atoms with Crippen molar-refractivity contribution in [2.24, 2.45) is 5.73 Å². The van der Waals surface area contributed by atoms with Gasteiger partial charge in [0, 0.05) is 12.1 Å². The van der Waals surface area contributed by atoms with Crippen LogP contribution in [0.3, 0.4) is 0 Å². The van der Waals surface area contributed by atoms with E-state index in [9.17, 15) is 10.1 Å². The lowest BCUT2D eigenvalue weighted by atomic mass is 10.2.